The first-order valence-electron chi connectivity index (χ1n) is 5.63. The number of anilines is 1. The number of hydrogen-bond acceptors (Lipinski definition) is 2. The van der Waals surface area contributed by atoms with Gasteiger partial charge < -0.3 is 11.1 Å². The Morgan fingerprint density at radius 3 is 2.53 bits per heavy atom. The van der Waals surface area contributed by atoms with Crippen molar-refractivity contribution < 1.29 is 14.0 Å². The molecule has 0 atom stereocenters. The number of nitrogens with two attached hydrogens (primary N) is 1. The minimum Gasteiger partial charge on any atom is -0.366 e. The highest BCUT2D eigenvalue weighted by Crippen LogP contribution is 2.38. The lowest BCUT2D eigenvalue weighted by atomic mass is 9.81. The SMILES string of the molecule is NC(=O)c1cc(Br)cc(Cl)c1NC(=O)C1(F)CCC1. The van der Waals surface area contributed by atoms with Crippen molar-refractivity contribution in [3.05, 3.63) is 27.2 Å². The Hall–Kier alpha value is -1.14. The Morgan fingerprint density at radius 1 is 1.42 bits per heavy atom. The van der Waals surface area contributed by atoms with E-state index in [9.17, 15) is 14.0 Å². The molecule has 1 saturated carbocycles. The molecule has 0 bridgehead atoms. The van der Waals surface area contributed by atoms with E-state index < -0.39 is 17.5 Å². The van der Waals surface area contributed by atoms with E-state index in [2.05, 4.69) is 21.2 Å². The highest BCUT2D eigenvalue weighted by atomic mass is 79.9. The molecule has 1 fully saturated rings. The summed E-state index contributed by atoms with van der Waals surface area (Å²) in [6.45, 7) is 0. The maximum atomic E-state index is 13.9. The maximum absolute atomic E-state index is 13.9. The summed E-state index contributed by atoms with van der Waals surface area (Å²) in [6, 6.07) is 2.92. The molecule has 0 heterocycles. The van der Waals surface area contributed by atoms with Gasteiger partial charge in [-0.15, -0.1) is 0 Å². The molecule has 19 heavy (non-hydrogen) atoms. The number of carbonyl (C=O) groups is 2. The van der Waals surface area contributed by atoms with Crippen LogP contribution in [0.15, 0.2) is 16.6 Å². The minimum atomic E-state index is -1.87. The van der Waals surface area contributed by atoms with Gasteiger partial charge in [0.05, 0.1) is 16.3 Å². The summed E-state index contributed by atoms with van der Waals surface area (Å²) in [5, 5.41) is 2.49. The molecular weight excluding hydrogens is 338 g/mol. The smallest absolute Gasteiger partial charge is 0.262 e. The van der Waals surface area contributed by atoms with E-state index in [1.54, 1.807) is 0 Å². The van der Waals surface area contributed by atoms with Crippen LogP contribution in [-0.2, 0) is 4.79 Å². The van der Waals surface area contributed by atoms with Gasteiger partial charge in [-0.3, -0.25) is 9.59 Å². The van der Waals surface area contributed by atoms with Crippen LogP contribution in [0.25, 0.3) is 0 Å². The lowest BCUT2D eigenvalue weighted by Gasteiger charge is -2.32. The molecule has 102 valence electrons. The van der Waals surface area contributed by atoms with Gasteiger partial charge in [-0.1, -0.05) is 27.5 Å². The lowest BCUT2D eigenvalue weighted by molar-refractivity contribution is -0.132. The summed E-state index contributed by atoms with van der Waals surface area (Å²) in [7, 11) is 0. The monoisotopic (exact) mass is 348 g/mol. The standard InChI is InChI=1S/C12H11BrClFN2O2/c13-6-4-7(10(16)18)9(8(14)5-6)17-11(19)12(15)2-1-3-12/h4-5H,1-3H2,(H2,16,18)(H,17,19). The van der Waals surface area contributed by atoms with Gasteiger partial charge in [-0.25, -0.2) is 4.39 Å². The summed E-state index contributed by atoms with van der Waals surface area (Å²) in [6.07, 6.45) is 1.03. The average Bonchev–Trinajstić information content (AvgIpc) is 2.28. The average molecular weight is 350 g/mol. The second-order valence-electron chi connectivity index (χ2n) is 4.45. The lowest BCUT2D eigenvalue weighted by Crippen LogP contribution is -2.44. The fourth-order valence-corrected chi connectivity index (χ4v) is 2.69. The van der Waals surface area contributed by atoms with Crippen LogP contribution in [0.4, 0.5) is 10.1 Å². The van der Waals surface area contributed by atoms with Crippen LogP contribution < -0.4 is 11.1 Å². The first-order chi connectivity index (χ1) is 8.83. The van der Waals surface area contributed by atoms with E-state index in [1.807, 2.05) is 0 Å². The van der Waals surface area contributed by atoms with Gasteiger partial charge in [0.2, 0.25) is 0 Å². The summed E-state index contributed by atoms with van der Waals surface area (Å²) in [4.78, 5) is 23.2. The number of primary amides is 1. The summed E-state index contributed by atoms with van der Waals surface area (Å²) >= 11 is 9.13. The van der Waals surface area contributed by atoms with Crippen molar-refractivity contribution in [3.63, 3.8) is 0 Å². The van der Waals surface area contributed by atoms with Crippen LogP contribution in [-0.4, -0.2) is 17.5 Å². The van der Waals surface area contributed by atoms with E-state index >= 15 is 0 Å². The largest absolute Gasteiger partial charge is 0.366 e. The molecule has 0 aromatic heterocycles. The van der Waals surface area contributed by atoms with Gasteiger partial charge >= 0.3 is 0 Å². The molecule has 0 aliphatic heterocycles. The third-order valence-electron chi connectivity index (χ3n) is 3.11. The van der Waals surface area contributed by atoms with Crippen LogP contribution in [0.1, 0.15) is 29.6 Å². The quantitative estimate of drug-likeness (QED) is 0.880. The zero-order chi connectivity index (χ0) is 14.2. The van der Waals surface area contributed by atoms with Crippen LogP contribution >= 0.6 is 27.5 Å². The first kappa shape index (κ1) is 14.3. The number of hydrogen-bond donors (Lipinski definition) is 2. The number of nitrogens with one attached hydrogen (secondary N) is 1. The highest BCUT2D eigenvalue weighted by Gasteiger charge is 2.45. The van der Waals surface area contributed by atoms with Gasteiger partial charge in [-0.2, -0.15) is 0 Å². The molecule has 2 amide bonds. The Morgan fingerprint density at radius 2 is 2.05 bits per heavy atom. The van der Waals surface area contributed by atoms with Gasteiger partial charge in [0.25, 0.3) is 11.8 Å². The molecule has 0 unspecified atom stereocenters. The van der Waals surface area contributed by atoms with Crippen LogP contribution in [0.3, 0.4) is 0 Å². The summed E-state index contributed by atoms with van der Waals surface area (Å²) < 4.78 is 14.5. The van der Waals surface area contributed by atoms with Gasteiger partial charge in [-0.05, 0) is 31.4 Å². The normalized spacial score (nSPS) is 16.6. The van der Waals surface area contributed by atoms with E-state index in [0.717, 1.165) is 0 Å². The molecule has 4 nitrogen and oxygen atoms in total. The number of rotatable bonds is 3. The number of halogens is 3. The zero-order valence-corrected chi connectivity index (χ0v) is 12.1. The molecule has 1 aliphatic carbocycles. The molecule has 0 saturated heterocycles. The number of benzene rings is 1. The molecule has 3 N–H and O–H groups in total. The second kappa shape index (κ2) is 5.09. The molecule has 1 aromatic carbocycles. The van der Waals surface area contributed by atoms with Crippen molar-refractivity contribution in [2.75, 3.05) is 5.32 Å². The van der Waals surface area contributed by atoms with Gasteiger partial charge in [0.1, 0.15) is 0 Å². The van der Waals surface area contributed by atoms with Crippen molar-refractivity contribution in [1.82, 2.24) is 0 Å². The van der Waals surface area contributed by atoms with E-state index in [4.69, 9.17) is 17.3 Å². The van der Waals surface area contributed by atoms with E-state index in [1.165, 1.54) is 12.1 Å². The van der Waals surface area contributed by atoms with Crippen LogP contribution in [0.2, 0.25) is 5.02 Å². The number of amides is 2. The predicted molar refractivity (Wildman–Crippen MR) is 74.0 cm³/mol. The topological polar surface area (TPSA) is 72.2 Å². The molecule has 1 aromatic rings. The predicted octanol–water partition coefficient (Wildman–Crippen LogP) is 3.03. The van der Waals surface area contributed by atoms with Crippen LogP contribution in [0, 0.1) is 0 Å². The van der Waals surface area contributed by atoms with Crippen molar-refractivity contribution in [3.8, 4) is 0 Å². The Labute approximate surface area is 122 Å². The Balaban J connectivity index is 2.34. The van der Waals surface area contributed by atoms with E-state index in [-0.39, 0.29) is 29.1 Å². The van der Waals surface area contributed by atoms with Crippen molar-refractivity contribution in [2.24, 2.45) is 5.73 Å². The Bertz CT molecular complexity index is 561. The van der Waals surface area contributed by atoms with Crippen LogP contribution in [0.5, 0.6) is 0 Å². The van der Waals surface area contributed by atoms with Crippen molar-refractivity contribution >= 4 is 45.0 Å². The fraction of sp³-hybridized carbons (Fsp3) is 0.333. The molecule has 7 heteroatoms. The fourth-order valence-electron chi connectivity index (χ4n) is 1.83. The summed E-state index contributed by atoms with van der Waals surface area (Å²) in [5.74, 6) is -1.54. The van der Waals surface area contributed by atoms with Gasteiger partial charge in [0, 0.05) is 4.47 Å². The molecule has 1 aliphatic rings. The molecule has 2 rings (SSSR count). The third kappa shape index (κ3) is 2.74. The molecule has 0 radical (unpaired) electrons. The minimum absolute atomic E-state index is 0.0376. The molecule has 0 spiro atoms. The first-order valence-corrected chi connectivity index (χ1v) is 6.80. The zero-order valence-electron chi connectivity index (χ0n) is 9.80. The number of carbonyl (C=O) groups excluding carboxylic acids is 2. The van der Waals surface area contributed by atoms with Gasteiger partial charge in [0.15, 0.2) is 5.67 Å². The van der Waals surface area contributed by atoms with E-state index in [0.29, 0.717) is 10.9 Å². The van der Waals surface area contributed by atoms with Crippen molar-refractivity contribution in [1.29, 1.82) is 0 Å². The third-order valence-corrected chi connectivity index (χ3v) is 3.87. The number of alkyl halides is 1. The molecular formula is C12H11BrClFN2O2. The van der Waals surface area contributed by atoms with Crippen molar-refractivity contribution in [2.45, 2.75) is 24.9 Å². The Kier molecular flexibility index (Phi) is 3.82. The summed E-state index contributed by atoms with van der Waals surface area (Å²) in [5.41, 5.74) is 3.44. The maximum Gasteiger partial charge on any atom is 0.262 e. The highest BCUT2D eigenvalue weighted by molar-refractivity contribution is 9.10. The second-order valence-corrected chi connectivity index (χ2v) is 5.77.